The molecule has 0 aromatic heterocycles. The van der Waals surface area contributed by atoms with E-state index in [4.69, 9.17) is 0 Å². The first-order chi connectivity index (χ1) is 5.97. The molecule has 13 heavy (non-hydrogen) atoms. The summed E-state index contributed by atoms with van der Waals surface area (Å²) in [7, 11) is 2.12. The van der Waals surface area contributed by atoms with Crippen molar-refractivity contribution in [1.82, 2.24) is 4.90 Å². The lowest BCUT2D eigenvalue weighted by Gasteiger charge is -2.15. The normalized spacial score (nSPS) is 24.4. The number of rotatable bonds is 4. The van der Waals surface area contributed by atoms with Gasteiger partial charge >= 0.3 is 0 Å². The van der Waals surface area contributed by atoms with Gasteiger partial charge in [-0.25, -0.2) is 0 Å². The van der Waals surface area contributed by atoms with Crippen molar-refractivity contribution in [1.29, 1.82) is 0 Å². The van der Waals surface area contributed by atoms with E-state index in [2.05, 4.69) is 45.2 Å². The first-order valence-corrected chi connectivity index (χ1v) is 4.69. The molecule has 1 fully saturated rings. The molecule has 0 aliphatic heterocycles. The minimum absolute atomic E-state index is 0.495. The highest BCUT2D eigenvalue weighted by Gasteiger charge is 2.47. The number of hydrogen-bond acceptors (Lipinski definition) is 1. The summed E-state index contributed by atoms with van der Waals surface area (Å²) in [6.07, 6.45) is 7.14. The van der Waals surface area contributed by atoms with Gasteiger partial charge in [-0.05, 0) is 29.7 Å². The number of nitrogens with zero attached hydrogens (tertiary/aromatic N) is 1. The highest BCUT2D eigenvalue weighted by Crippen LogP contribution is 2.48. The maximum absolute atomic E-state index is 3.83. The molecule has 0 amide bonds. The third kappa shape index (κ3) is 2.48. The van der Waals surface area contributed by atoms with Crippen LogP contribution < -0.4 is 0 Å². The summed E-state index contributed by atoms with van der Waals surface area (Å²) in [5.41, 5.74) is 1.46. The van der Waals surface area contributed by atoms with Crippen LogP contribution in [0, 0.1) is 5.41 Å². The van der Waals surface area contributed by atoms with E-state index in [9.17, 15) is 0 Å². The van der Waals surface area contributed by atoms with Crippen LogP contribution in [-0.2, 0) is 0 Å². The van der Waals surface area contributed by atoms with Crippen LogP contribution >= 0.6 is 0 Å². The minimum Gasteiger partial charge on any atom is -0.377 e. The Morgan fingerprint density at radius 2 is 2.08 bits per heavy atom. The highest BCUT2D eigenvalue weighted by molar-refractivity contribution is 5.25. The fourth-order valence-electron chi connectivity index (χ4n) is 1.52. The van der Waals surface area contributed by atoms with Gasteiger partial charge in [0.1, 0.15) is 0 Å². The van der Waals surface area contributed by atoms with Crippen LogP contribution in [0.1, 0.15) is 20.3 Å². The molecule has 1 atom stereocenters. The summed E-state index contributed by atoms with van der Waals surface area (Å²) in [5, 5.41) is 0. The van der Waals surface area contributed by atoms with E-state index in [1.165, 1.54) is 6.42 Å². The summed E-state index contributed by atoms with van der Waals surface area (Å²) in [6, 6.07) is 0.696. The second-order valence-corrected chi connectivity index (χ2v) is 4.47. The van der Waals surface area contributed by atoms with Crippen molar-refractivity contribution in [3.8, 4) is 0 Å². The fraction of sp³-hybridized carbons (Fsp3) is 0.500. The van der Waals surface area contributed by atoms with Crippen LogP contribution in [0.4, 0.5) is 0 Å². The van der Waals surface area contributed by atoms with Gasteiger partial charge in [0.25, 0.3) is 0 Å². The summed E-state index contributed by atoms with van der Waals surface area (Å²) in [5.74, 6) is 0. The second kappa shape index (κ2) is 3.41. The average Bonchev–Trinajstić information content (AvgIpc) is 2.70. The summed E-state index contributed by atoms with van der Waals surface area (Å²) < 4.78 is 0. The summed E-state index contributed by atoms with van der Waals surface area (Å²) in [4.78, 5) is 2.26. The van der Waals surface area contributed by atoms with Gasteiger partial charge in [0.2, 0.25) is 0 Å². The summed E-state index contributed by atoms with van der Waals surface area (Å²) >= 11 is 0. The molecule has 0 N–H and O–H groups in total. The Kier molecular flexibility index (Phi) is 2.65. The molecule has 0 aromatic carbocycles. The smallest absolute Gasteiger partial charge is 0.0338 e. The van der Waals surface area contributed by atoms with Gasteiger partial charge in [0.05, 0.1) is 0 Å². The number of hydrogen-bond donors (Lipinski definition) is 0. The zero-order valence-electron chi connectivity index (χ0n) is 8.88. The lowest BCUT2D eigenvalue weighted by Crippen LogP contribution is -2.17. The Hall–Kier alpha value is -0.980. The van der Waals surface area contributed by atoms with Gasteiger partial charge in [-0.15, -0.1) is 0 Å². The zero-order valence-corrected chi connectivity index (χ0v) is 8.88. The Labute approximate surface area is 81.4 Å². The molecular formula is C12H19N. The van der Waals surface area contributed by atoms with E-state index >= 15 is 0 Å². The molecule has 0 saturated heterocycles. The topological polar surface area (TPSA) is 3.24 Å². The predicted octanol–water partition coefficient (Wildman–Crippen LogP) is 2.97. The largest absolute Gasteiger partial charge is 0.377 e. The minimum atomic E-state index is 0.495. The standard InChI is InChI=1S/C12H19N/c1-6-10(2)7-8-13(5)11-9-12(11,3)4/h6-8,11H,1-2,9H2,3-5H3/b8-7-/t11-/m1/s1. The molecule has 0 spiro atoms. The maximum atomic E-state index is 3.83. The number of allylic oxidation sites excluding steroid dienone is 3. The lowest BCUT2D eigenvalue weighted by atomic mass is 10.2. The van der Waals surface area contributed by atoms with Crippen molar-refractivity contribution in [3.05, 3.63) is 37.1 Å². The van der Waals surface area contributed by atoms with Gasteiger partial charge in [0, 0.05) is 13.1 Å². The SMILES string of the molecule is C=CC(=C)/C=C\N(C)[C@@H]1CC1(C)C. The van der Waals surface area contributed by atoms with E-state index in [0.29, 0.717) is 11.5 Å². The van der Waals surface area contributed by atoms with Crippen LogP contribution in [0.15, 0.2) is 37.1 Å². The van der Waals surface area contributed by atoms with E-state index < -0.39 is 0 Å². The second-order valence-electron chi connectivity index (χ2n) is 4.47. The van der Waals surface area contributed by atoms with E-state index in [-0.39, 0.29) is 0 Å². The average molecular weight is 177 g/mol. The van der Waals surface area contributed by atoms with Gasteiger partial charge in [-0.3, -0.25) is 0 Å². The molecule has 0 heterocycles. The van der Waals surface area contributed by atoms with E-state index in [1.807, 2.05) is 6.08 Å². The van der Waals surface area contributed by atoms with Gasteiger partial charge < -0.3 is 4.90 Å². The van der Waals surface area contributed by atoms with Crippen molar-refractivity contribution >= 4 is 0 Å². The molecule has 1 rings (SSSR count). The van der Waals surface area contributed by atoms with Gasteiger partial charge in [0.15, 0.2) is 0 Å². The van der Waals surface area contributed by atoms with E-state index in [1.54, 1.807) is 6.08 Å². The zero-order chi connectivity index (χ0) is 10.1. The van der Waals surface area contributed by atoms with Crippen LogP contribution in [0.25, 0.3) is 0 Å². The highest BCUT2D eigenvalue weighted by atomic mass is 15.2. The Morgan fingerprint density at radius 1 is 1.54 bits per heavy atom. The molecule has 1 saturated carbocycles. The molecule has 1 heteroatoms. The molecule has 0 unspecified atom stereocenters. The molecule has 0 bridgehead atoms. The molecule has 1 aliphatic carbocycles. The Morgan fingerprint density at radius 3 is 2.46 bits per heavy atom. The van der Waals surface area contributed by atoms with Gasteiger partial charge in [-0.2, -0.15) is 0 Å². The Bertz CT molecular complexity index is 248. The van der Waals surface area contributed by atoms with Crippen LogP contribution in [-0.4, -0.2) is 18.0 Å². The monoisotopic (exact) mass is 177 g/mol. The molecule has 0 radical (unpaired) electrons. The first kappa shape index (κ1) is 10.1. The van der Waals surface area contributed by atoms with Crippen molar-refractivity contribution < 1.29 is 0 Å². The molecule has 1 nitrogen and oxygen atoms in total. The van der Waals surface area contributed by atoms with Crippen molar-refractivity contribution in [2.45, 2.75) is 26.3 Å². The van der Waals surface area contributed by atoms with Crippen molar-refractivity contribution in [2.24, 2.45) is 5.41 Å². The van der Waals surface area contributed by atoms with Crippen LogP contribution in [0.5, 0.6) is 0 Å². The van der Waals surface area contributed by atoms with Crippen molar-refractivity contribution in [2.75, 3.05) is 7.05 Å². The fourth-order valence-corrected chi connectivity index (χ4v) is 1.52. The third-order valence-electron chi connectivity index (χ3n) is 2.74. The maximum Gasteiger partial charge on any atom is 0.0338 e. The molecule has 0 aromatic rings. The lowest BCUT2D eigenvalue weighted by molar-refractivity contribution is 0.383. The first-order valence-electron chi connectivity index (χ1n) is 4.69. The van der Waals surface area contributed by atoms with Crippen LogP contribution in [0.2, 0.25) is 0 Å². The van der Waals surface area contributed by atoms with Gasteiger partial charge in [-0.1, -0.05) is 33.1 Å². The van der Waals surface area contributed by atoms with Crippen LogP contribution in [0.3, 0.4) is 0 Å². The quantitative estimate of drug-likeness (QED) is 0.597. The predicted molar refractivity (Wildman–Crippen MR) is 58.4 cm³/mol. The molecular weight excluding hydrogens is 158 g/mol. The third-order valence-corrected chi connectivity index (χ3v) is 2.74. The summed E-state index contributed by atoms with van der Waals surface area (Å²) in [6.45, 7) is 12.1. The van der Waals surface area contributed by atoms with Crippen molar-refractivity contribution in [3.63, 3.8) is 0 Å². The molecule has 1 aliphatic rings. The Balaban J connectivity index is 2.43. The molecule has 72 valence electrons. The van der Waals surface area contributed by atoms with E-state index in [0.717, 1.165) is 5.57 Å².